The topological polar surface area (TPSA) is 28.6 Å². The van der Waals surface area contributed by atoms with E-state index in [9.17, 15) is 4.39 Å². The SMILES string of the molecule is Cl.Fc1ccc(COc2ccc3nc(N4CCN(C5CC5)CC4)ccc3c2)cc1. The molecular weight excluding hydrogens is 389 g/mol. The Morgan fingerprint density at radius 3 is 2.41 bits per heavy atom. The molecule has 0 amide bonds. The maximum absolute atomic E-state index is 13.0. The molecule has 0 bridgehead atoms. The summed E-state index contributed by atoms with van der Waals surface area (Å²) in [4.78, 5) is 9.86. The van der Waals surface area contributed by atoms with E-state index in [1.807, 2.05) is 18.2 Å². The average molecular weight is 414 g/mol. The number of pyridine rings is 1. The van der Waals surface area contributed by atoms with Crippen molar-refractivity contribution < 1.29 is 9.13 Å². The van der Waals surface area contributed by atoms with Crippen LogP contribution in [0.3, 0.4) is 0 Å². The molecule has 5 rings (SSSR count). The molecule has 29 heavy (non-hydrogen) atoms. The number of halogens is 2. The number of benzene rings is 2. The van der Waals surface area contributed by atoms with Gasteiger partial charge >= 0.3 is 0 Å². The van der Waals surface area contributed by atoms with Crippen LogP contribution in [-0.4, -0.2) is 42.1 Å². The van der Waals surface area contributed by atoms with Crippen molar-refractivity contribution in [3.63, 3.8) is 0 Å². The number of aromatic nitrogens is 1. The van der Waals surface area contributed by atoms with E-state index in [1.54, 1.807) is 12.1 Å². The van der Waals surface area contributed by atoms with Crippen LogP contribution >= 0.6 is 12.4 Å². The van der Waals surface area contributed by atoms with Gasteiger partial charge in [-0.3, -0.25) is 4.90 Å². The Kier molecular flexibility index (Phi) is 5.88. The van der Waals surface area contributed by atoms with Crippen molar-refractivity contribution in [2.24, 2.45) is 0 Å². The summed E-state index contributed by atoms with van der Waals surface area (Å²) < 4.78 is 18.9. The van der Waals surface area contributed by atoms with Gasteiger partial charge in [-0.15, -0.1) is 12.4 Å². The Morgan fingerprint density at radius 1 is 0.931 bits per heavy atom. The molecule has 4 nitrogen and oxygen atoms in total. The lowest BCUT2D eigenvalue weighted by Gasteiger charge is -2.35. The van der Waals surface area contributed by atoms with Gasteiger partial charge in [-0.25, -0.2) is 9.37 Å². The van der Waals surface area contributed by atoms with Crippen LogP contribution in [0.15, 0.2) is 54.6 Å². The summed E-state index contributed by atoms with van der Waals surface area (Å²) in [6.07, 6.45) is 2.75. The first kappa shape index (κ1) is 19.9. The first-order chi connectivity index (χ1) is 13.7. The predicted molar refractivity (Wildman–Crippen MR) is 117 cm³/mol. The lowest BCUT2D eigenvalue weighted by Crippen LogP contribution is -2.47. The summed E-state index contributed by atoms with van der Waals surface area (Å²) >= 11 is 0. The summed E-state index contributed by atoms with van der Waals surface area (Å²) in [7, 11) is 0. The van der Waals surface area contributed by atoms with E-state index in [4.69, 9.17) is 9.72 Å². The second-order valence-electron chi connectivity index (χ2n) is 7.69. The summed E-state index contributed by atoms with van der Waals surface area (Å²) in [5.41, 5.74) is 1.93. The number of nitrogens with zero attached hydrogens (tertiary/aromatic N) is 3. The minimum Gasteiger partial charge on any atom is -0.489 e. The fourth-order valence-electron chi connectivity index (χ4n) is 3.86. The number of hydrogen-bond donors (Lipinski definition) is 0. The van der Waals surface area contributed by atoms with Crippen molar-refractivity contribution in [1.82, 2.24) is 9.88 Å². The van der Waals surface area contributed by atoms with Crippen molar-refractivity contribution in [2.45, 2.75) is 25.5 Å². The molecule has 0 spiro atoms. The second kappa shape index (κ2) is 8.56. The molecule has 0 unspecified atom stereocenters. The Bertz CT molecular complexity index is 970. The van der Waals surface area contributed by atoms with E-state index in [1.165, 1.54) is 25.0 Å². The van der Waals surface area contributed by atoms with Crippen molar-refractivity contribution in [3.8, 4) is 5.75 Å². The zero-order chi connectivity index (χ0) is 18.9. The van der Waals surface area contributed by atoms with Gasteiger partial charge < -0.3 is 9.64 Å². The third kappa shape index (κ3) is 4.62. The molecule has 2 aliphatic rings. The fraction of sp³-hybridized carbons (Fsp3) is 0.348. The second-order valence-corrected chi connectivity index (χ2v) is 7.69. The van der Waals surface area contributed by atoms with E-state index in [0.717, 1.165) is 60.3 Å². The molecule has 2 heterocycles. The number of hydrogen-bond acceptors (Lipinski definition) is 4. The van der Waals surface area contributed by atoms with Gasteiger partial charge in [0.05, 0.1) is 5.52 Å². The van der Waals surface area contributed by atoms with E-state index >= 15 is 0 Å². The normalized spacial score (nSPS) is 17.2. The summed E-state index contributed by atoms with van der Waals surface area (Å²) in [6.45, 7) is 4.80. The highest BCUT2D eigenvalue weighted by Gasteiger charge is 2.31. The minimum absolute atomic E-state index is 0. The fourth-order valence-corrected chi connectivity index (χ4v) is 3.86. The van der Waals surface area contributed by atoms with Gasteiger partial charge in [0.1, 0.15) is 24.0 Å². The number of rotatable bonds is 5. The Morgan fingerprint density at radius 2 is 1.69 bits per heavy atom. The predicted octanol–water partition coefficient (Wildman–Crippen LogP) is 4.66. The molecule has 1 aliphatic heterocycles. The van der Waals surface area contributed by atoms with Gasteiger partial charge in [-0.1, -0.05) is 12.1 Å². The highest BCUT2D eigenvalue weighted by Crippen LogP contribution is 2.29. The van der Waals surface area contributed by atoms with Crippen LogP contribution in [0.2, 0.25) is 0 Å². The molecule has 1 saturated heterocycles. The van der Waals surface area contributed by atoms with Crippen molar-refractivity contribution >= 4 is 29.1 Å². The number of ether oxygens (including phenoxy) is 1. The molecule has 6 heteroatoms. The molecular formula is C23H25ClFN3O. The monoisotopic (exact) mass is 413 g/mol. The van der Waals surface area contributed by atoms with E-state index in [0.29, 0.717) is 6.61 Å². The minimum atomic E-state index is -0.231. The van der Waals surface area contributed by atoms with E-state index < -0.39 is 0 Å². The average Bonchev–Trinajstić information content (AvgIpc) is 3.58. The molecule has 0 radical (unpaired) electrons. The molecule has 1 aliphatic carbocycles. The Labute approximate surface area is 176 Å². The van der Waals surface area contributed by atoms with Gasteiger partial charge in [0, 0.05) is 37.6 Å². The smallest absolute Gasteiger partial charge is 0.129 e. The van der Waals surface area contributed by atoms with Gasteiger partial charge in [0.15, 0.2) is 0 Å². The first-order valence-corrected chi connectivity index (χ1v) is 10.0. The van der Waals surface area contributed by atoms with Gasteiger partial charge in [0.25, 0.3) is 0 Å². The van der Waals surface area contributed by atoms with Gasteiger partial charge in [-0.05, 0) is 60.9 Å². The molecule has 0 N–H and O–H groups in total. The summed E-state index contributed by atoms with van der Waals surface area (Å²) in [5, 5.41) is 1.07. The molecule has 1 saturated carbocycles. The number of anilines is 1. The Balaban J connectivity index is 0.00000205. The molecule has 2 aromatic carbocycles. The maximum Gasteiger partial charge on any atom is 0.129 e. The number of fused-ring (bicyclic) bond motifs is 1. The van der Waals surface area contributed by atoms with Gasteiger partial charge in [0.2, 0.25) is 0 Å². The summed E-state index contributed by atoms with van der Waals surface area (Å²) in [6, 6.07) is 17.5. The third-order valence-electron chi connectivity index (χ3n) is 5.67. The van der Waals surface area contributed by atoms with Crippen LogP contribution in [0.1, 0.15) is 18.4 Å². The lowest BCUT2D eigenvalue weighted by atomic mass is 10.2. The summed E-state index contributed by atoms with van der Waals surface area (Å²) in [5.74, 6) is 1.62. The molecule has 2 fully saturated rings. The standard InChI is InChI=1S/C23H24FN3O.ClH/c24-19-4-1-17(2-5-19)16-28-21-8-9-22-18(15-21)3-10-23(25-22)27-13-11-26(12-14-27)20-6-7-20;/h1-5,8-10,15,20H,6-7,11-14,16H2;1H. The van der Waals surface area contributed by atoms with Crippen LogP contribution in [0.5, 0.6) is 5.75 Å². The highest BCUT2D eigenvalue weighted by atomic mass is 35.5. The largest absolute Gasteiger partial charge is 0.489 e. The molecule has 152 valence electrons. The zero-order valence-electron chi connectivity index (χ0n) is 16.3. The first-order valence-electron chi connectivity index (χ1n) is 10.0. The van der Waals surface area contributed by atoms with Gasteiger partial charge in [-0.2, -0.15) is 0 Å². The van der Waals surface area contributed by atoms with Crippen LogP contribution in [0, 0.1) is 5.82 Å². The van der Waals surface area contributed by atoms with E-state index in [-0.39, 0.29) is 18.2 Å². The van der Waals surface area contributed by atoms with Crippen molar-refractivity contribution in [1.29, 1.82) is 0 Å². The number of piperazine rings is 1. The quantitative estimate of drug-likeness (QED) is 0.608. The third-order valence-corrected chi connectivity index (χ3v) is 5.67. The highest BCUT2D eigenvalue weighted by molar-refractivity contribution is 5.85. The van der Waals surface area contributed by atoms with Crippen molar-refractivity contribution in [3.05, 3.63) is 66.0 Å². The van der Waals surface area contributed by atoms with Crippen LogP contribution < -0.4 is 9.64 Å². The lowest BCUT2D eigenvalue weighted by molar-refractivity contribution is 0.247. The molecule has 0 atom stereocenters. The van der Waals surface area contributed by atoms with Crippen LogP contribution in [0.25, 0.3) is 10.9 Å². The molecule has 1 aromatic heterocycles. The Hall–Kier alpha value is -2.37. The van der Waals surface area contributed by atoms with Crippen LogP contribution in [0.4, 0.5) is 10.2 Å². The van der Waals surface area contributed by atoms with Crippen LogP contribution in [-0.2, 0) is 6.61 Å². The van der Waals surface area contributed by atoms with E-state index in [2.05, 4.69) is 21.9 Å². The van der Waals surface area contributed by atoms with Crippen molar-refractivity contribution in [2.75, 3.05) is 31.1 Å². The zero-order valence-corrected chi connectivity index (χ0v) is 17.1. The molecule has 3 aromatic rings. The maximum atomic E-state index is 13.0.